The van der Waals surface area contributed by atoms with Crippen LogP contribution < -0.4 is 5.32 Å². The lowest BCUT2D eigenvalue weighted by Gasteiger charge is -2.25. The first kappa shape index (κ1) is 17.4. The Morgan fingerprint density at radius 1 is 1.04 bits per heavy atom. The quantitative estimate of drug-likeness (QED) is 0.626. The predicted octanol–water partition coefficient (Wildman–Crippen LogP) is 5.12. The number of rotatable bonds is 7. The van der Waals surface area contributed by atoms with Gasteiger partial charge in [-0.3, -0.25) is 4.90 Å². The van der Waals surface area contributed by atoms with Crippen molar-refractivity contribution in [2.24, 2.45) is 0 Å². The Morgan fingerprint density at radius 3 is 2.65 bits per heavy atom. The standard InChI is InChI=1S/C21H23ClN2O2/c22-18-7-2-1-6-17(18)20-10-9-16(26-20)14-23-15-19(21-8-5-13-25-21)24-11-3-4-12-24/h1-2,5-10,13,19,23H,3-4,11-12,14-15H2/t19-/m0/s1. The van der Waals surface area contributed by atoms with Crippen LogP contribution in [0.1, 0.15) is 30.4 Å². The van der Waals surface area contributed by atoms with E-state index >= 15 is 0 Å². The van der Waals surface area contributed by atoms with E-state index in [0.29, 0.717) is 11.6 Å². The molecule has 26 heavy (non-hydrogen) atoms. The summed E-state index contributed by atoms with van der Waals surface area (Å²) in [6.45, 7) is 3.76. The van der Waals surface area contributed by atoms with Gasteiger partial charge in [0.05, 0.1) is 23.9 Å². The highest BCUT2D eigenvalue weighted by molar-refractivity contribution is 6.33. The van der Waals surface area contributed by atoms with E-state index in [1.165, 1.54) is 12.8 Å². The van der Waals surface area contributed by atoms with Crippen molar-refractivity contribution < 1.29 is 8.83 Å². The van der Waals surface area contributed by atoms with Crippen LogP contribution in [0.2, 0.25) is 5.02 Å². The van der Waals surface area contributed by atoms with Crippen LogP contribution in [0, 0.1) is 0 Å². The molecule has 4 nitrogen and oxygen atoms in total. The molecular weight excluding hydrogens is 348 g/mol. The maximum absolute atomic E-state index is 6.25. The maximum atomic E-state index is 6.25. The number of hydrogen-bond donors (Lipinski definition) is 1. The molecule has 5 heteroatoms. The van der Waals surface area contributed by atoms with E-state index in [1.54, 1.807) is 6.26 Å². The van der Waals surface area contributed by atoms with Gasteiger partial charge in [-0.15, -0.1) is 0 Å². The number of halogens is 1. The Labute approximate surface area is 158 Å². The highest BCUT2D eigenvalue weighted by atomic mass is 35.5. The van der Waals surface area contributed by atoms with Crippen molar-refractivity contribution in [3.8, 4) is 11.3 Å². The fourth-order valence-electron chi connectivity index (χ4n) is 3.55. The Hall–Kier alpha value is -2.01. The molecule has 0 amide bonds. The zero-order chi connectivity index (χ0) is 17.8. The van der Waals surface area contributed by atoms with E-state index in [-0.39, 0.29) is 6.04 Å². The second kappa shape index (κ2) is 8.12. The lowest BCUT2D eigenvalue weighted by molar-refractivity contribution is 0.208. The molecule has 1 fully saturated rings. The first-order valence-electron chi connectivity index (χ1n) is 9.13. The number of benzene rings is 1. The summed E-state index contributed by atoms with van der Waals surface area (Å²) in [7, 11) is 0. The Balaban J connectivity index is 1.38. The van der Waals surface area contributed by atoms with Gasteiger partial charge in [-0.2, -0.15) is 0 Å². The van der Waals surface area contributed by atoms with Gasteiger partial charge in [-0.1, -0.05) is 23.7 Å². The minimum absolute atomic E-state index is 0.269. The summed E-state index contributed by atoms with van der Waals surface area (Å²) in [5, 5.41) is 4.22. The summed E-state index contributed by atoms with van der Waals surface area (Å²) in [6.07, 6.45) is 4.27. The van der Waals surface area contributed by atoms with Crippen molar-refractivity contribution in [2.45, 2.75) is 25.4 Å². The molecule has 2 aromatic heterocycles. The lowest BCUT2D eigenvalue weighted by atomic mass is 10.2. The van der Waals surface area contributed by atoms with E-state index in [0.717, 1.165) is 42.5 Å². The fourth-order valence-corrected chi connectivity index (χ4v) is 3.78. The average Bonchev–Trinajstić information content (AvgIpc) is 3.41. The number of nitrogens with zero attached hydrogens (tertiary/aromatic N) is 1. The monoisotopic (exact) mass is 370 g/mol. The highest BCUT2D eigenvalue weighted by Gasteiger charge is 2.25. The molecular formula is C21H23ClN2O2. The van der Waals surface area contributed by atoms with Crippen LogP contribution in [0.25, 0.3) is 11.3 Å². The summed E-state index contributed by atoms with van der Waals surface area (Å²) in [5.74, 6) is 2.73. The van der Waals surface area contributed by atoms with Gasteiger partial charge in [0.15, 0.2) is 0 Å². The van der Waals surface area contributed by atoms with Gasteiger partial charge in [-0.05, 0) is 62.3 Å². The number of likely N-dealkylation sites (tertiary alicyclic amines) is 1. The zero-order valence-corrected chi connectivity index (χ0v) is 15.4. The van der Waals surface area contributed by atoms with Gasteiger partial charge in [0, 0.05) is 12.1 Å². The number of nitrogens with one attached hydrogen (secondary N) is 1. The smallest absolute Gasteiger partial charge is 0.135 e. The van der Waals surface area contributed by atoms with Crippen LogP contribution in [0.5, 0.6) is 0 Å². The number of hydrogen-bond acceptors (Lipinski definition) is 4. The van der Waals surface area contributed by atoms with E-state index < -0.39 is 0 Å². The Morgan fingerprint density at radius 2 is 1.88 bits per heavy atom. The Bertz CT molecular complexity index is 822. The summed E-state index contributed by atoms with van der Waals surface area (Å²) in [4.78, 5) is 2.49. The van der Waals surface area contributed by atoms with Gasteiger partial charge in [0.25, 0.3) is 0 Å². The van der Waals surface area contributed by atoms with Crippen LogP contribution in [-0.4, -0.2) is 24.5 Å². The molecule has 0 aliphatic carbocycles. The largest absolute Gasteiger partial charge is 0.468 e. The van der Waals surface area contributed by atoms with E-state index in [9.17, 15) is 0 Å². The van der Waals surface area contributed by atoms with Crippen molar-refractivity contribution in [3.63, 3.8) is 0 Å². The van der Waals surface area contributed by atoms with Gasteiger partial charge in [-0.25, -0.2) is 0 Å². The molecule has 0 unspecified atom stereocenters. The zero-order valence-electron chi connectivity index (χ0n) is 14.7. The molecule has 3 aromatic rings. The van der Waals surface area contributed by atoms with Crippen molar-refractivity contribution >= 4 is 11.6 Å². The minimum Gasteiger partial charge on any atom is -0.468 e. The summed E-state index contributed by atoms with van der Waals surface area (Å²) < 4.78 is 11.6. The molecule has 3 heterocycles. The molecule has 0 saturated carbocycles. The van der Waals surface area contributed by atoms with E-state index in [1.807, 2.05) is 42.5 Å². The SMILES string of the molecule is Clc1ccccc1-c1ccc(CNC[C@@H](c2ccco2)N2CCCC2)o1. The number of furan rings is 2. The first-order valence-corrected chi connectivity index (χ1v) is 9.51. The second-order valence-electron chi connectivity index (χ2n) is 6.65. The minimum atomic E-state index is 0.269. The van der Waals surface area contributed by atoms with Crippen molar-refractivity contribution in [2.75, 3.05) is 19.6 Å². The van der Waals surface area contributed by atoms with Gasteiger partial charge in [0.1, 0.15) is 17.3 Å². The van der Waals surface area contributed by atoms with Gasteiger partial charge >= 0.3 is 0 Å². The van der Waals surface area contributed by atoms with Crippen LogP contribution in [0.4, 0.5) is 0 Å². The first-order chi connectivity index (χ1) is 12.8. The summed E-state index contributed by atoms with van der Waals surface area (Å²) in [5.41, 5.74) is 0.922. The topological polar surface area (TPSA) is 41.6 Å². The van der Waals surface area contributed by atoms with E-state index in [4.69, 9.17) is 20.4 Å². The molecule has 0 bridgehead atoms. The van der Waals surface area contributed by atoms with Crippen LogP contribution >= 0.6 is 11.6 Å². The average molecular weight is 371 g/mol. The van der Waals surface area contributed by atoms with Gasteiger partial charge < -0.3 is 14.2 Å². The molecule has 1 N–H and O–H groups in total. The van der Waals surface area contributed by atoms with Crippen molar-refractivity contribution in [1.29, 1.82) is 0 Å². The third-order valence-electron chi connectivity index (χ3n) is 4.89. The molecule has 1 aromatic carbocycles. The highest BCUT2D eigenvalue weighted by Crippen LogP contribution is 2.29. The lowest BCUT2D eigenvalue weighted by Crippen LogP contribution is -2.33. The maximum Gasteiger partial charge on any atom is 0.135 e. The summed E-state index contributed by atoms with van der Waals surface area (Å²) in [6, 6.07) is 16.0. The van der Waals surface area contributed by atoms with Crippen LogP contribution in [0.15, 0.2) is 63.6 Å². The molecule has 1 aliphatic rings. The van der Waals surface area contributed by atoms with Crippen molar-refractivity contribution in [3.05, 3.63) is 71.3 Å². The second-order valence-corrected chi connectivity index (χ2v) is 7.06. The fraction of sp³-hybridized carbons (Fsp3) is 0.333. The third kappa shape index (κ3) is 3.88. The molecule has 136 valence electrons. The van der Waals surface area contributed by atoms with Crippen LogP contribution in [0.3, 0.4) is 0 Å². The Kier molecular flexibility index (Phi) is 5.44. The van der Waals surface area contributed by atoms with Crippen molar-refractivity contribution in [1.82, 2.24) is 10.2 Å². The van der Waals surface area contributed by atoms with Crippen LogP contribution in [-0.2, 0) is 6.54 Å². The molecule has 1 atom stereocenters. The molecule has 1 saturated heterocycles. The third-order valence-corrected chi connectivity index (χ3v) is 5.22. The predicted molar refractivity (Wildman–Crippen MR) is 103 cm³/mol. The van der Waals surface area contributed by atoms with E-state index in [2.05, 4.69) is 16.3 Å². The normalized spacial score (nSPS) is 16.2. The summed E-state index contributed by atoms with van der Waals surface area (Å²) >= 11 is 6.25. The molecule has 4 rings (SSSR count). The molecule has 1 aliphatic heterocycles. The molecule has 0 radical (unpaired) electrons. The molecule has 0 spiro atoms. The van der Waals surface area contributed by atoms with Gasteiger partial charge in [0.2, 0.25) is 0 Å².